The van der Waals surface area contributed by atoms with Gasteiger partial charge in [0.05, 0.1) is 29.3 Å². The fraction of sp³-hybridized carbons (Fsp3) is 0.417. The van der Waals surface area contributed by atoms with Crippen LogP contribution in [0, 0.1) is 17.7 Å². The largest absolute Gasteiger partial charge is 0.366 e. The second kappa shape index (κ2) is 8.52. The van der Waals surface area contributed by atoms with Gasteiger partial charge in [-0.05, 0) is 31.3 Å². The predicted octanol–water partition coefficient (Wildman–Crippen LogP) is 1.57. The molecule has 2 amide bonds. The number of likely N-dealkylation sites (tertiary alicyclic amines) is 1. The van der Waals surface area contributed by atoms with Crippen molar-refractivity contribution in [2.75, 3.05) is 56.2 Å². The summed E-state index contributed by atoms with van der Waals surface area (Å²) in [6, 6.07) is 16.0. The van der Waals surface area contributed by atoms with Crippen molar-refractivity contribution >= 4 is 23.2 Å². The van der Waals surface area contributed by atoms with Crippen LogP contribution in [0.25, 0.3) is 0 Å². The average Bonchev–Trinajstić information content (AvgIpc) is 3.15. The Labute approximate surface area is 187 Å². The Bertz CT molecular complexity index is 995. The van der Waals surface area contributed by atoms with Crippen LogP contribution in [0.3, 0.4) is 0 Å². The lowest BCUT2D eigenvalue weighted by Gasteiger charge is -2.41. The summed E-state index contributed by atoms with van der Waals surface area (Å²) in [6.45, 7) is 3.50. The van der Waals surface area contributed by atoms with Crippen LogP contribution in [0.1, 0.15) is 0 Å². The van der Waals surface area contributed by atoms with E-state index in [0.717, 1.165) is 5.69 Å². The van der Waals surface area contributed by atoms with E-state index in [9.17, 15) is 14.0 Å². The molecule has 3 aliphatic rings. The van der Waals surface area contributed by atoms with Crippen molar-refractivity contribution in [3.8, 4) is 0 Å². The molecule has 3 aliphatic heterocycles. The Morgan fingerprint density at radius 1 is 0.969 bits per heavy atom. The van der Waals surface area contributed by atoms with E-state index in [4.69, 9.17) is 0 Å². The molecule has 3 heterocycles. The molecule has 0 aliphatic carbocycles. The highest BCUT2D eigenvalue weighted by Crippen LogP contribution is 2.32. The average molecular weight is 438 g/mol. The molecule has 2 aromatic carbocycles. The third-order valence-corrected chi connectivity index (χ3v) is 6.82. The lowest BCUT2D eigenvalue weighted by Crippen LogP contribution is -2.59. The zero-order chi connectivity index (χ0) is 22.2. The number of piperazine rings is 1. The molecule has 2 aromatic rings. The lowest BCUT2D eigenvalue weighted by atomic mass is 9.84. The Balaban J connectivity index is 1.29. The number of hydrogen-bond acceptors (Lipinski definition) is 5. The lowest BCUT2D eigenvalue weighted by molar-refractivity contribution is -0.139. The number of hydrogen-bond donors (Lipinski definition) is 1. The van der Waals surface area contributed by atoms with Crippen LogP contribution >= 0.6 is 0 Å². The molecule has 0 radical (unpaired) electrons. The molecule has 8 heteroatoms. The smallest absolute Gasteiger partial charge is 0.247 e. The normalized spacial score (nSPS) is 26.4. The van der Waals surface area contributed by atoms with Crippen LogP contribution in [0.2, 0.25) is 0 Å². The van der Waals surface area contributed by atoms with Gasteiger partial charge >= 0.3 is 0 Å². The van der Waals surface area contributed by atoms with Crippen LogP contribution in [0.15, 0.2) is 54.6 Å². The molecule has 7 nitrogen and oxygen atoms in total. The summed E-state index contributed by atoms with van der Waals surface area (Å²) in [4.78, 5) is 32.6. The quantitative estimate of drug-likeness (QED) is 0.790. The number of nitrogens with one attached hydrogen (secondary N) is 1. The van der Waals surface area contributed by atoms with Crippen LogP contribution in [0.5, 0.6) is 0 Å². The van der Waals surface area contributed by atoms with E-state index in [-0.39, 0.29) is 35.5 Å². The van der Waals surface area contributed by atoms with E-state index in [1.165, 1.54) is 6.07 Å². The van der Waals surface area contributed by atoms with Crippen molar-refractivity contribution in [3.05, 3.63) is 60.4 Å². The fourth-order valence-corrected chi connectivity index (χ4v) is 5.16. The molecule has 32 heavy (non-hydrogen) atoms. The summed E-state index contributed by atoms with van der Waals surface area (Å²) in [7, 11) is 1.96. The van der Waals surface area contributed by atoms with Crippen molar-refractivity contribution in [3.63, 3.8) is 0 Å². The second-order valence-electron chi connectivity index (χ2n) is 8.86. The Morgan fingerprint density at radius 3 is 2.38 bits per heavy atom. The van der Waals surface area contributed by atoms with Crippen LogP contribution in [0.4, 0.5) is 15.8 Å². The van der Waals surface area contributed by atoms with Crippen molar-refractivity contribution in [2.45, 2.75) is 6.04 Å². The maximum Gasteiger partial charge on any atom is 0.247 e. The minimum Gasteiger partial charge on any atom is -0.366 e. The number of carbonyl (C=O) groups is 2. The fourth-order valence-electron chi connectivity index (χ4n) is 5.16. The van der Waals surface area contributed by atoms with E-state index in [1.54, 1.807) is 17.1 Å². The van der Waals surface area contributed by atoms with Gasteiger partial charge in [-0.15, -0.1) is 0 Å². The van der Waals surface area contributed by atoms with E-state index in [1.807, 2.05) is 53.2 Å². The van der Waals surface area contributed by atoms with Gasteiger partial charge in [-0.2, -0.15) is 0 Å². The molecular weight excluding hydrogens is 409 g/mol. The predicted molar refractivity (Wildman–Crippen MR) is 121 cm³/mol. The van der Waals surface area contributed by atoms with E-state index in [2.05, 4.69) is 10.3 Å². The topological polar surface area (TPSA) is 59.1 Å². The van der Waals surface area contributed by atoms with Crippen LogP contribution in [-0.2, 0) is 9.59 Å². The summed E-state index contributed by atoms with van der Waals surface area (Å²) in [5.74, 6) is -0.734. The number of anilines is 2. The molecule has 3 atom stereocenters. The van der Waals surface area contributed by atoms with Crippen LogP contribution < -0.4 is 15.3 Å². The minimum absolute atomic E-state index is 0.00919. The standard InChI is InChI=1S/C24H28FN5O2/c1-27-15-18(22-19(16-27)24(32)30(26-22)17-7-3-2-4-8-17)23(31)29-13-11-28(12-14-29)21-10-6-5-9-20(21)25/h2-10,18-19,22,26H,11-16H2,1H3. The first kappa shape index (κ1) is 20.9. The first-order chi connectivity index (χ1) is 15.5. The number of fused-ring (bicyclic) bond motifs is 1. The SMILES string of the molecule is CN1CC(C(=O)N2CCN(c3ccccc3F)CC2)C2NN(c3ccccc3)C(=O)C2C1. The van der Waals surface area contributed by atoms with Gasteiger partial charge in [0.15, 0.2) is 0 Å². The van der Waals surface area contributed by atoms with Gasteiger partial charge in [-0.25, -0.2) is 14.8 Å². The molecule has 0 saturated carbocycles. The van der Waals surface area contributed by atoms with Crippen molar-refractivity contribution in [1.82, 2.24) is 15.2 Å². The van der Waals surface area contributed by atoms with Gasteiger partial charge in [0.1, 0.15) is 5.82 Å². The molecule has 3 fully saturated rings. The molecule has 3 saturated heterocycles. The van der Waals surface area contributed by atoms with Gasteiger partial charge < -0.3 is 14.7 Å². The summed E-state index contributed by atoms with van der Waals surface area (Å²) in [5.41, 5.74) is 4.71. The van der Waals surface area contributed by atoms with Gasteiger partial charge in [0, 0.05) is 39.3 Å². The number of para-hydroxylation sites is 2. The molecule has 168 valence electrons. The highest BCUT2D eigenvalue weighted by atomic mass is 19.1. The first-order valence-electron chi connectivity index (χ1n) is 11.1. The number of nitrogens with zero attached hydrogens (tertiary/aromatic N) is 4. The van der Waals surface area contributed by atoms with Crippen molar-refractivity contribution in [1.29, 1.82) is 0 Å². The third kappa shape index (κ3) is 3.73. The number of piperidine rings is 1. The van der Waals surface area contributed by atoms with Crippen molar-refractivity contribution in [2.24, 2.45) is 11.8 Å². The number of hydrazine groups is 1. The molecule has 5 rings (SSSR count). The molecule has 0 aromatic heterocycles. The zero-order valence-electron chi connectivity index (χ0n) is 18.2. The van der Waals surface area contributed by atoms with Crippen molar-refractivity contribution < 1.29 is 14.0 Å². The van der Waals surface area contributed by atoms with Gasteiger partial charge in [0.25, 0.3) is 0 Å². The Kier molecular flexibility index (Phi) is 5.57. The highest BCUT2D eigenvalue weighted by Gasteiger charge is 2.51. The van der Waals surface area contributed by atoms with E-state index in [0.29, 0.717) is 45.0 Å². The molecule has 0 bridgehead atoms. The van der Waals surface area contributed by atoms with Gasteiger partial charge in [-0.1, -0.05) is 30.3 Å². The second-order valence-corrected chi connectivity index (χ2v) is 8.86. The molecule has 0 spiro atoms. The van der Waals surface area contributed by atoms with Gasteiger partial charge in [0.2, 0.25) is 11.8 Å². The summed E-state index contributed by atoms with van der Waals surface area (Å²) in [6.07, 6.45) is 0. The maximum absolute atomic E-state index is 14.2. The Hall–Kier alpha value is -2.97. The van der Waals surface area contributed by atoms with Crippen LogP contribution in [-0.4, -0.2) is 74.0 Å². The minimum atomic E-state index is -0.309. The van der Waals surface area contributed by atoms with E-state index >= 15 is 0 Å². The number of carbonyl (C=O) groups excluding carboxylic acids is 2. The summed E-state index contributed by atoms with van der Waals surface area (Å²) in [5, 5.41) is 1.60. The number of rotatable bonds is 3. The number of halogens is 1. The third-order valence-electron chi connectivity index (χ3n) is 6.82. The molecule has 3 unspecified atom stereocenters. The highest BCUT2D eigenvalue weighted by molar-refractivity contribution is 5.98. The molecule has 1 N–H and O–H groups in total. The summed E-state index contributed by atoms with van der Waals surface area (Å²) >= 11 is 0. The number of benzene rings is 2. The Morgan fingerprint density at radius 2 is 1.66 bits per heavy atom. The number of amides is 2. The zero-order valence-corrected chi connectivity index (χ0v) is 18.2. The first-order valence-corrected chi connectivity index (χ1v) is 11.1. The monoisotopic (exact) mass is 437 g/mol. The van der Waals surface area contributed by atoms with E-state index < -0.39 is 0 Å². The maximum atomic E-state index is 14.2. The van der Waals surface area contributed by atoms with Gasteiger partial charge in [-0.3, -0.25) is 9.59 Å². The summed E-state index contributed by atoms with van der Waals surface area (Å²) < 4.78 is 14.2. The molecular formula is C24H28FN5O2.